The maximum Gasteiger partial charge on any atom is 0.123 e. The third kappa shape index (κ3) is 5.26. The monoisotopic (exact) mass is 223 g/mol. The van der Waals surface area contributed by atoms with Crippen molar-refractivity contribution in [3.8, 4) is 0 Å². The second kappa shape index (κ2) is 6.64. The van der Waals surface area contributed by atoms with Gasteiger partial charge in [-0.2, -0.15) is 0 Å². The Kier molecular flexibility index (Phi) is 5.47. The van der Waals surface area contributed by atoms with E-state index in [0.29, 0.717) is 11.8 Å². The highest BCUT2D eigenvalue weighted by molar-refractivity contribution is 5.16. The van der Waals surface area contributed by atoms with Crippen LogP contribution in [0.25, 0.3) is 0 Å². The Morgan fingerprint density at radius 2 is 1.69 bits per heavy atom. The zero-order chi connectivity index (χ0) is 12.0. The van der Waals surface area contributed by atoms with Crippen molar-refractivity contribution in [2.45, 2.75) is 27.2 Å². The fraction of sp³-hybridized carbons (Fsp3) is 0.571. The van der Waals surface area contributed by atoms with Gasteiger partial charge in [0.25, 0.3) is 0 Å². The van der Waals surface area contributed by atoms with Crippen LogP contribution in [-0.2, 0) is 6.42 Å². The summed E-state index contributed by atoms with van der Waals surface area (Å²) < 4.78 is 12.7. The average molecular weight is 223 g/mol. The highest BCUT2D eigenvalue weighted by atomic mass is 19.1. The summed E-state index contributed by atoms with van der Waals surface area (Å²) in [6.07, 6.45) is 1.01. The van der Waals surface area contributed by atoms with Gasteiger partial charge in [-0.05, 0) is 49.0 Å². The first-order valence-electron chi connectivity index (χ1n) is 6.03. The van der Waals surface area contributed by atoms with Crippen molar-refractivity contribution < 1.29 is 4.39 Å². The standard InChI is InChI=1S/C14H22FN/c1-11(2)9-16-10-12(3)8-13-4-6-14(15)7-5-13/h4-7,11-12,16H,8-10H2,1-3H3. The molecular formula is C14H22FN. The Morgan fingerprint density at radius 3 is 2.25 bits per heavy atom. The van der Waals surface area contributed by atoms with E-state index in [0.717, 1.165) is 19.5 Å². The van der Waals surface area contributed by atoms with Crippen molar-refractivity contribution >= 4 is 0 Å². The molecule has 0 fully saturated rings. The molecule has 0 aliphatic heterocycles. The van der Waals surface area contributed by atoms with Gasteiger partial charge in [-0.25, -0.2) is 4.39 Å². The number of halogens is 1. The van der Waals surface area contributed by atoms with Crippen molar-refractivity contribution in [3.05, 3.63) is 35.6 Å². The largest absolute Gasteiger partial charge is 0.316 e. The minimum Gasteiger partial charge on any atom is -0.316 e. The summed E-state index contributed by atoms with van der Waals surface area (Å²) in [5, 5.41) is 3.44. The summed E-state index contributed by atoms with van der Waals surface area (Å²) >= 11 is 0. The van der Waals surface area contributed by atoms with E-state index < -0.39 is 0 Å². The van der Waals surface area contributed by atoms with Crippen LogP contribution in [0, 0.1) is 17.7 Å². The molecule has 0 heterocycles. The van der Waals surface area contributed by atoms with Crippen LogP contribution in [0.2, 0.25) is 0 Å². The van der Waals surface area contributed by atoms with Crippen molar-refractivity contribution in [1.82, 2.24) is 5.32 Å². The maximum absolute atomic E-state index is 12.7. The minimum absolute atomic E-state index is 0.158. The smallest absolute Gasteiger partial charge is 0.123 e. The number of rotatable bonds is 6. The summed E-state index contributed by atoms with van der Waals surface area (Å²) in [4.78, 5) is 0. The van der Waals surface area contributed by atoms with Gasteiger partial charge in [0.1, 0.15) is 5.82 Å². The summed E-state index contributed by atoms with van der Waals surface area (Å²) in [7, 11) is 0. The Balaban J connectivity index is 2.28. The molecule has 1 rings (SSSR count). The van der Waals surface area contributed by atoms with E-state index in [1.54, 1.807) is 0 Å². The third-order valence-electron chi connectivity index (χ3n) is 2.54. The molecular weight excluding hydrogens is 201 g/mol. The Bertz CT molecular complexity index is 292. The van der Waals surface area contributed by atoms with Crippen molar-refractivity contribution in [3.63, 3.8) is 0 Å². The molecule has 90 valence electrons. The van der Waals surface area contributed by atoms with E-state index >= 15 is 0 Å². The molecule has 0 amide bonds. The first-order valence-corrected chi connectivity index (χ1v) is 6.03. The lowest BCUT2D eigenvalue weighted by atomic mass is 10.0. The predicted octanol–water partition coefficient (Wildman–Crippen LogP) is 3.25. The molecule has 0 saturated carbocycles. The van der Waals surface area contributed by atoms with Crippen molar-refractivity contribution in [2.75, 3.05) is 13.1 Å². The van der Waals surface area contributed by atoms with Crippen LogP contribution < -0.4 is 5.32 Å². The fourth-order valence-electron chi connectivity index (χ4n) is 1.71. The van der Waals surface area contributed by atoms with Gasteiger partial charge in [0, 0.05) is 0 Å². The molecule has 1 aromatic rings. The molecule has 0 aliphatic carbocycles. The highest BCUT2D eigenvalue weighted by Gasteiger charge is 2.04. The van der Waals surface area contributed by atoms with Crippen LogP contribution in [0.3, 0.4) is 0 Å². The molecule has 1 nitrogen and oxygen atoms in total. The second-order valence-corrected chi connectivity index (χ2v) is 4.99. The van der Waals surface area contributed by atoms with E-state index in [2.05, 4.69) is 26.1 Å². The molecule has 2 heteroatoms. The molecule has 0 aliphatic rings. The van der Waals surface area contributed by atoms with Crippen LogP contribution in [-0.4, -0.2) is 13.1 Å². The van der Waals surface area contributed by atoms with Crippen LogP contribution in [0.5, 0.6) is 0 Å². The molecule has 0 spiro atoms. The summed E-state index contributed by atoms with van der Waals surface area (Å²) in [6, 6.07) is 6.80. The molecule has 0 radical (unpaired) electrons. The van der Waals surface area contributed by atoms with E-state index in [9.17, 15) is 4.39 Å². The molecule has 1 N–H and O–H groups in total. The van der Waals surface area contributed by atoms with Gasteiger partial charge >= 0.3 is 0 Å². The summed E-state index contributed by atoms with van der Waals surface area (Å²) in [5.41, 5.74) is 1.21. The van der Waals surface area contributed by atoms with E-state index in [-0.39, 0.29) is 5.82 Å². The fourth-order valence-corrected chi connectivity index (χ4v) is 1.71. The Hall–Kier alpha value is -0.890. The maximum atomic E-state index is 12.7. The topological polar surface area (TPSA) is 12.0 Å². The van der Waals surface area contributed by atoms with Crippen LogP contribution in [0.1, 0.15) is 26.3 Å². The number of nitrogens with one attached hydrogen (secondary N) is 1. The van der Waals surface area contributed by atoms with Gasteiger partial charge in [0.05, 0.1) is 0 Å². The average Bonchev–Trinajstić information content (AvgIpc) is 2.21. The van der Waals surface area contributed by atoms with Crippen molar-refractivity contribution in [2.24, 2.45) is 11.8 Å². The van der Waals surface area contributed by atoms with Gasteiger partial charge in [-0.3, -0.25) is 0 Å². The summed E-state index contributed by atoms with van der Waals surface area (Å²) in [6.45, 7) is 8.72. The molecule has 0 saturated heterocycles. The number of hydrogen-bond acceptors (Lipinski definition) is 1. The molecule has 16 heavy (non-hydrogen) atoms. The van der Waals surface area contributed by atoms with Gasteiger partial charge in [0.15, 0.2) is 0 Å². The van der Waals surface area contributed by atoms with Gasteiger partial charge in [-0.1, -0.05) is 32.9 Å². The number of hydrogen-bond donors (Lipinski definition) is 1. The normalized spacial score (nSPS) is 13.1. The van der Waals surface area contributed by atoms with Crippen LogP contribution in [0.15, 0.2) is 24.3 Å². The van der Waals surface area contributed by atoms with Gasteiger partial charge in [0.2, 0.25) is 0 Å². The van der Waals surface area contributed by atoms with Gasteiger partial charge < -0.3 is 5.32 Å². The lowest BCUT2D eigenvalue weighted by Gasteiger charge is -2.14. The minimum atomic E-state index is -0.158. The zero-order valence-corrected chi connectivity index (χ0v) is 10.5. The quantitative estimate of drug-likeness (QED) is 0.780. The van der Waals surface area contributed by atoms with Crippen LogP contribution >= 0.6 is 0 Å². The zero-order valence-electron chi connectivity index (χ0n) is 10.5. The Labute approximate surface area is 98.1 Å². The van der Waals surface area contributed by atoms with Crippen molar-refractivity contribution in [1.29, 1.82) is 0 Å². The highest BCUT2D eigenvalue weighted by Crippen LogP contribution is 2.09. The predicted molar refractivity (Wildman–Crippen MR) is 67.0 cm³/mol. The van der Waals surface area contributed by atoms with Crippen LogP contribution in [0.4, 0.5) is 4.39 Å². The third-order valence-corrected chi connectivity index (χ3v) is 2.54. The molecule has 0 aromatic heterocycles. The SMILES string of the molecule is CC(C)CNCC(C)Cc1ccc(F)cc1. The first kappa shape index (κ1) is 13.2. The molecule has 1 atom stereocenters. The number of benzene rings is 1. The summed E-state index contributed by atoms with van der Waals surface area (Å²) in [5.74, 6) is 1.12. The molecule has 1 unspecified atom stereocenters. The lowest BCUT2D eigenvalue weighted by Crippen LogP contribution is -2.26. The first-order chi connectivity index (χ1) is 7.58. The van der Waals surface area contributed by atoms with E-state index in [4.69, 9.17) is 0 Å². The molecule has 1 aromatic carbocycles. The Morgan fingerprint density at radius 1 is 1.06 bits per heavy atom. The van der Waals surface area contributed by atoms with Gasteiger partial charge in [-0.15, -0.1) is 0 Å². The van der Waals surface area contributed by atoms with E-state index in [1.165, 1.54) is 17.7 Å². The molecule has 0 bridgehead atoms. The van der Waals surface area contributed by atoms with E-state index in [1.807, 2.05) is 12.1 Å². The lowest BCUT2D eigenvalue weighted by molar-refractivity contribution is 0.473. The second-order valence-electron chi connectivity index (χ2n) is 4.99.